The molecule has 0 saturated carbocycles. The molecule has 0 amide bonds. The van der Waals surface area contributed by atoms with E-state index in [-0.39, 0.29) is 12.5 Å². The van der Waals surface area contributed by atoms with Gasteiger partial charge in [-0.15, -0.1) is 0 Å². The molecular weight excluding hydrogens is 262 g/mol. The highest BCUT2D eigenvalue weighted by molar-refractivity contribution is 5.55. The molecule has 2 aromatic rings. The number of aliphatic hydroxyl groups is 1. The topological polar surface area (TPSA) is 32.7 Å². The lowest BCUT2D eigenvalue weighted by Gasteiger charge is -2.22. The van der Waals surface area contributed by atoms with Crippen LogP contribution < -0.4 is 9.64 Å². The van der Waals surface area contributed by atoms with Gasteiger partial charge in [0.15, 0.2) is 0 Å². The third kappa shape index (κ3) is 3.56. The Labute approximate surface area is 126 Å². The van der Waals surface area contributed by atoms with Crippen LogP contribution >= 0.6 is 0 Å². The average Bonchev–Trinajstić information content (AvgIpc) is 2.53. The summed E-state index contributed by atoms with van der Waals surface area (Å²) in [6.45, 7) is 0.151. The Morgan fingerprint density at radius 2 is 1.81 bits per heavy atom. The second-order valence-corrected chi connectivity index (χ2v) is 5.30. The number of methoxy groups -OCH3 is 1. The highest BCUT2D eigenvalue weighted by Gasteiger charge is 2.18. The molecule has 0 bridgehead atoms. The van der Waals surface area contributed by atoms with E-state index in [1.54, 1.807) is 7.11 Å². The maximum atomic E-state index is 9.42. The van der Waals surface area contributed by atoms with Crippen LogP contribution in [0.25, 0.3) is 0 Å². The zero-order valence-corrected chi connectivity index (χ0v) is 12.9. The van der Waals surface area contributed by atoms with Gasteiger partial charge in [-0.05, 0) is 18.1 Å². The maximum absolute atomic E-state index is 9.42. The van der Waals surface area contributed by atoms with Gasteiger partial charge in [-0.3, -0.25) is 0 Å². The highest BCUT2D eigenvalue weighted by atomic mass is 16.5. The molecule has 0 heterocycles. The Hall–Kier alpha value is -2.00. The molecule has 1 N–H and O–H groups in total. The van der Waals surface area contributed by atoms with Gasteiger partial charge in [0.25, 0.3) is 0 Å². The van der Waals surface area contributed by atoms with Crippen LogP contribution in [0.2, 0.25) is 0 Å². The fourth-order valence-corrected chi connectivity index (χ4v) is 2.58. The molecule has 2 aromatic carbocycles. The molecule has 1 atom stereocenters. The number of nitrogens with zero attached hydrogens (tertiary/aromatic N) is 1. The zero-order chi connectivity index (χ0) is 15.2. The Balaban J connectivity index is 2.45. The summed E-state index contributed by atoms with van der Waals surface area (Å²) in [7, 11) is 5.72. The Morgan fingerprint density at radius 3 is 2.38 bits per heavy atom. The second kappa shape index (κ2) is 7.14. The van der Waals surface area contributed by atoms with Gasteiger partial charge in [0.2, 0.25) is 0 Å². The first kappa shape index (κ1) is 15.4. The van der Waals surface area contributed by atoms with Gasteiger partial charge in [-0.25, -0.2) is 0 Å². The standard InChI is InChI=1S/C18H23NO2/c1-19(2)15-9-10-17(18(13-15)21-3)16(11-12-20)14-7-5-4-6-8-14/h4-10,13,16,20H,11-12H2,1-3H3/t16-/m0/s1. The number of ether oxygens (including phenoxy) is 1. The van der Waals surface area contributed by atoms with Crippen molar-refractivity contribution < 1.29 is 9.84 Å². The van der Waals surface area contributed by atoms with E-state index in [9.17, 15) is 5.11 Å². The molecular formula is C18H23NO2. The third-order valence-electron chi connectivity index (χ3n) is 3.73. The minimum atomic E-state index is 0.141. The minimum Gasteiger partial charge on any atom is -0.496 e. The first-order valence-electron chi connectivity index (χ1n) is 7.18. The lowest BCUT2D eigenvalue weighted by molar-refractivity contribution is 0.280. The zero-order valence-electron chi connectivity index (χ0n) is 12.9. The maximum Gasteiger partial charge on any atom is 0.124 e. The minimum absolute atomic E-state index is 0.141. The number of hydrogen-bond acceptors (Lipinski definition) is 3. The van der Waals surface area contributed by atoms with Gasteiger partial charge in [0, 0.05) is 43.9 Å². The van der Waals surface area contributed by atoms with Crippen molar-refractivity contribution in [1.82, 2.24) is 0 Å². The molecule has 21 heavy (non-hydrogen) atoms. The largest absolute Gasteiger partial charge is 0.496 e. The molecule has 0 saturated heterocycles. The van der Waals surface area contributed by atoms with Crippen molar-refractivity contribution in [3.63, 3.8) is 0 Å². The second-order valence-electron chi connectivity index (χ2n) is 5.30. The van der Waals surface area contributed by atoms with Crippen LogP contribution in [0.5, 0.6) is 5.75 Å². The summed E-state index contributed by atoms with van der Waals surface area (Å²) >= 11 is 0. The van der Waals surface area contributed by atoms with E-state index >= 15 is 0 Å². The Bertz CT molecular complexity index is 567. The number of hydrogen-bond donors (Lipinski definition) is 1. The fourth-order valence-electron chi connectivity index (χ4n) is 2.58. The van der Waals surface area contributed by atoms with Gasteiger partial charge in [0.05, 0.1) is 7.11 Å². The van der Waals surface area contributed by atoms with Crippen LogP contribution in [0.4, 0.5) is 5.69 Å². The van der Waals surface area contributed by atoms with Gasteiger partial charge < -0.3 is 14.7 Å². The summed E-state index contributed by atoms with van der Waals surface area (Å²) < 4.78 is 5.58. The van der Waals surface area contributed by atoms with Gasteiger partial charge in [-0.2, -0.15) is 0 Å². The van der Waals surface area contributed by atoms with Gasteiger partial charge in [-0.1, -0.05) is 36.4 Å². The summed E-state index contributed by atoms with van der Waals surface area (Å²) in [4.78, 5) is 2.05. The summed E-state index contributed by atoms with van der Waals surface area (Å²) in [5.74, 6) is 1.01. The van der Waals surface area contributed by atoms with Crippen LogP contribution in [0.15, 0.2) is 48.5 Å². The first-order valence-corrected chi connectivity index (χ1v) is 7.18. The Morgan fingerprint density at radius 1 is 1.10 bits per heavy atom. The molecule has 0 radical (unpaired) electrons. The molecule has 0 spiro atoms. The van der Waals surface area contributed by atoms with Crippen molar-refractivity contribution >= 4 is 5.69 Å². The lowest BCUT2D eigenvalue weighted by atomic mass is 9.88. The summed E-state index contributed by atoms with van der Waals surface area (Å²) in [6, 6.07) is 16.5. The van der Waals surface area contributed by atoms with E-state index in [0.29, 0.717) is 6.42 Å². The van der Waals surface area contributed by atoms with E-state index in [1.165, 1.54) is 5.56 Å². The van der Waals surface area contributed by atoms with Crippen LogP contribution in [-0.2, 0) is 0 Å². The number of benzene rings is 2. The third-order valence-corrected chi connectivity index (χ3v) is 3.73. The molecule has 3 heteroatoms. The molecule has 0 unspecified atom stereocenters. The molecule has 2 rings (SSSR count). The highest BCUT2D eigenvalue weighted by Crippen LogP contribution is 2.36. The van der Waals surface area contributed by atoms with Gasteiger partial charge >= 0.3 is 0 Å². The number of anilines is 1. The van der Waals surface area contributed by atoms with E-state index < -0.39 is 0 Å². The SMILES string of the molecule is COc1cc(N(C)C)ccc1[C@@H](CCO)c1ccccc1. The van der Waals surface area contributed by atoms with Crippen molar-refractivity contribution in [2.24, 2.45) is 0 Å². The summed E-state index contributed by atoms with van der Waals surface area (Å²) in [5.41, 5.74) is 3.41. The van der Waals surface area contributed by atoms with Crippen molar-refractivity contribution in [1.29, 1.82) is 0 Å². The van der Waals surface area contributed by atoms with Crippen LogP contribution in [-0.4, -0.2) is 32.9 Å². The normalized spacial score (nSPS) is 12.0. The van der Waals surface area contributed by atoms with E-state index in [0.717, 1.165) is 17.0 Å². The van der Waals surface area contributed by atoms with Crippen LogP contribution in [0.3, 0.4) is 0 Å². The fraction of sp³-hybridized carbons (Fsp3) is 0.333. The lowest BCUT2D eigenvalue weighted by Crippen LogP contribution is -2.10. The van der Waals surface area contributed by atoms with Crippen molar-refractivity contribution in [3.8, 4) is 5.75 Å². The van der Waals surface area contributed by atoms with Crippen LogP contribution in [0, 0.1) is 0 Å². The summed E-state index contributed by atoms with van der Waals surface area (Å²) in [5, 5.41) is 9.42. The Kier molecular flexibility index (Phi) is 5.23. The van der Waals surface area contributed by atoms with Gasteiger partial charge in [0.1, 0.15) is 5.75 Å². The quantitative estimate of drug-likeness (QED) is 0.884. The van der Waals surface area contributed by atoms with Crippen LogP contribution in [0.1, 0.15) is 23.5 Å². The molecule has 0 aliphatic rings. The molecule has 0 aromatic heterocycles. The smallest absolute Gasteiger partial charge is 0.124 e. The predicted molar refractivity (Wildman–Crippen MR) is 87.3 cm³/mol. The van der Waals surface area contributed by atoms with Crippen molar-refractivity contribution in [2.45, 2.75) is 12.3 Å². The van der Waals surface area contributed by atoms with E-state index in [1.807, 2.05) is 38.4 Å². The van der Waals surface area contributed by atoms with E-state index in [2.05, 4.69) is 29.2 Å². The summed E-state index contributed by atoms with van der Waals surface area (Å²) in [6.07, 6.45) is 0.682. The van der Waals surface area contributed by atoms with E-state index in [4.69, 9.17) is 4.74 Å². The average molecular weight is 285 g/mol. The predicted octanol–water partition coefficient (Wildman–Crippen LogP) is 3.28. The van der Waals surface area contributed by atoms with Crippen molar-refractivity contribution in [2.75, 3.05) is 32.7 Å². The monoisotopic (exact) mass is 285 g/mol. The number of aliphatic hydroxyl groups excluding tert-OH is 1. The molecule has 112 valence electrons. The van der Waals surface area contributed by atoms with Crippen molar-refractivity contribution in [3.05, 3.63) is 59.7 Å². The molecule has 0 aliphatic carbocycles. The number of rotatable bonds is 6. The molecule has 0 aliphatic heterocycles. The molecule has 3 nitrogen and oxygen atoms in total. The molecule has 0 fully saturated rings. The first-order chi connectivity index (χ1) is 10.2.